The molecule has 0 spiro atoms. The van der Waals surface area contributed by atoms with Crippen molar-refractivity contribution < 1.29 is 4.79 Å². The molecule has 1 fully saturated rings. The largest absolute Gasteiger partial charge is 0.369 e. The van der Waals surface area contributed by atoms with Crippen LogP contribution in [0.2, 0.25) is 0 Å². The molecule has 1 aromatic heterocycles. The zero-order chi connectivity index (χ0) is 20.2. The van der Waals surface area contributed by atoms with Crippen molar-refractivity contribution in [3.63, 3.8) is 0 Å². The van der Waals surface area contributed by atoms with Gasteiger partial charge in [-0.05, 0) is 37.0 Å². The molecule has 0 bridgehead atoms. The van der Waals surface area contributed by atoms with E-state index in [-0.39, 0.29) is 11.8 Å². The third-order valence-electron chi connectivity index (χ3n) is 5.86. The van der Waals surface area contributed by atoms with Crippen molar-refractivity contribution in [1.29, 1.82) is 0 Å². The van der Waals surface area contributed by atoms with Gasteiger partial charge in [0.1, 0.15) is 5.82 Å². The molecule has 3 heterocycles. The highest BCUT2D eigenvalue weighted by Crippen LogP contribution is 2.28. The number of aliphatic imine (C=N–C) groups is 1. The molecule has 0 aliphatic carbocycles. The Morgan fingerprint density at radius 3 is 2.76 bits per heavy atom. The van der Waals surface area contributed by atoms with Crippen molar-refractivity contribution in [3.8, 4) is 0 Å². The number of rotatable bonds is 4. The number of nitrogens with zero attached hydrogens (tertiary/aromatic N) is 4. The van der Waals surface area contributed by atoms with Gasteiger partial charge in [-0.2, -0.15) is 0 Å². The van der Waals surface area contributed by atoms with E-state index < -0.39 is 0 Å². The third-order valence-corrected chi connectivity index (χ3v) is 5.86. The molecule has 152 valence electrons. The monoisotopic (exact) mass is 392 g/mol. The van der Waals surface area contributed by atoms with Gasteiger partial charge in [-0.15, -0.1) is 0 Å². The van der Waals surface area contributed by atoms with E-state index in [1.807, 2.05) is 19.3 Å². The van der Waals surface area contributed by atoms with Crippen LogP contribution in [0.3, 0.4) is 0 Å². The van der Waals surface area contributed by atoms with Crippen molar-refractivity contribution in [2.75, 3.05) is 36.5 Å². The van der Waals surface area contributed by atoms with Crippen LogP contribution in [-0.4, -0.2) is 43.5 Å². The van der Waals surface area contributed by atoms with Crippen LogP contribution in [0.4, 0.5) is 11.5 Å². The summed E-state index contributed by atoms with van der Waals surface area (Å²) in [5.74, 6) is 1.63. The van der Waals surface area contributed by atoms with E-state index in [2.05, 4.69) is 55.4 Å². The average Bonchev–Trinajstić information content (AvgIpc) is 3.19. The van der Waals surface area contributed by atoms with E-state index >= 15 is 0 Å². The molecule has 2 aliphatic heterocycles. The van der Waals surface area contributed by atoms with Crippen LogP contribution in [0.15, 0.2) is 47.6 Å². The number of para-hydroxylation sites is 1. The highest BCUT2D eigenvalue weighted by molar-refractivity contribution is 5.97. The van der Waals surface area contributed by atoms with Gasteiger partial charge >= 0.3 is 0 Å². The van der Waals surface area contributed by atoms with E-state index in [4.69, 9.17) is 5.73 Å². The third kappa shape index (κ3) is 4.04. The predicted octanol–water partition coefficient (Wildman–Crippen LogP) is 1.92. The minimum absolute atomic E-state index is 0.0226. The lowest BCUT2D eigenvalue weighted by Gasteiger charge is -2.32. The number of carbonyl (C=O) groups excluding carboxylic acids is 1. The first-order valence-electron chi connectivity index (χ1n) is 10.2. The number of amides is 1. The second-order valence-corrected chi connectivity index (χ2v) is 7.58. The van der Waals surface area contributed by atoms with Crippen molar-refractivity contribution >= 4 is 23.4 Å². The fraction of sp³-hybridized carbons (Fsp3) is 0.409. The van der Waals surface area contributed by atoms with Crippen molar-refractivity contribution in [2.45, 2.75) is 25.8 Å². The standard InChI is InChI=1S/C22H28N6O/c1-24-22(28-14-10-16-5-2-3-7-19(16)28)26-15-18-6-4-11-25-21(18)27-12-8-17(9-13-27)20(23)29/h2-7,11,17H,8-10,12-15H2,1H3,(H2,23,29)(H,24,26). The molecule has 3 N–H and O–H groups in total. The molecule has 1 amide bonds. The summed E-state index contributed by atoms with van der Waals surface area (Å²) >= 11 is 0. The maximum absolute atomic E-state index is 11.4. The van der Waals surface area contributed by atoms with Crippen molar-refractivity contribution in [1.82, 2.24) is 10.3 Å². The first-order chi connectivity index (χ1) is 14.2. The summed E-state index contributed by atoms with van der Waals surface area (Å²) in [5, 5.41) is 3.51. The molecule has 7 nitrogen and oxygen atoms in total. The van der Waals surface area contributed by atoms with E-state index in [9.17, 15) is 4.79 Å². The van der Waals surface area contributed by atoms with Crippen LogP contribution in [-0.2, 0) is 17.8 Å². The highest BCUT2D eigenvalue weighted by Gasteiger charge is 2.26. The van der Waals surface area contributed by atoms with Gasteiger partial charge in [0.05, 0.1) is 0 Å². The minimum Gasteiger partial charge on any atom is -0.369 e. The Morgan fingerprint density at radius 2 is 2.00 bits per heavy atom. The van der Waals surface area contributed by atoms with Crippen molar-refractivity contribution in [2.24, 2.45) is 16.6 Å². The molecular weight excluding hydrogens is 364 g/mol. The zero-order valence-electron chi connectivity index (χ0n) is 16.8. The van der Waals surface area contributed by atoms with E-state index in [1.54, 1.807) is 0 Å². The number of benzene rings is 1. The highest BCUT2D eigenvalue weighted by atomic mass is 16.1. The number of fused-ring (bicyclic) bond motifs is 1. The molecular formula is C22H28N6O. The van der Waals surface area contributed by atoms with Crippen LogP contribution in [0.5, 0.6) is 0 Å². The summed E-state index contributed by atoms with van der Waals surface area (Å²) in [6.07, 6.45) is 4.42. The molecule has 0 saturated carbocycles. The molecule has 0 unspecified atom stereocenters. The lowest BCUT2D eigenvalue weighted by Crippen LogP contribution is -2.41. The lowest BCUT2D eigenvalue weighted by molar-refractivity contribution is -0.122. The molecule has 0 radical (unpaired) electrons. The fourth-order valence-electron chi connectivity index (χ4n) is 4.26. The predicted molar refractivity (Wildman–Crippen MR) is 116 cm³/mol. The van der Waals surface area contributed by atoms with E-state index in [0.717, 1.165) is 56.2 Å². The number of piperidine rings is 1. The number of nitrogens with two attached hydrogens (primary N) is 1. The quantitative estimate of drug-likeness (QED) is 0.613. The Morgan fingerprint density at radius 1 is 1.21 bits per heavy atom. The molecule has 29 heavy (non-hydrogen) atoms. The maximum Gasteiger partial charge on any atom is 0.220 e. The summed E-state index contributed by atoms with van der Waals surface area (Å²) in [6, 6.07) is 12.5. The second kappa shape index (κ2) is 8.51. The Bertz CT molecular complexity index is 904. The van der Waals surface area contributed by atoms with Gasteiger partial charge in [0.2, 0.25) is 5.91 Å². The van der Waals surface area contributed by atoms with Gasteiger partial charge in [0, 0.05) is 56.6 Å². The van der Waals surface area contributed by atoms with Crippen LogP contribution >= 0.6 is 0 Å². The molecule has 4 rings (SSSR count). The second-order valence-electron chi connectivity index (χ2n) is 7.58. The summed E-state index contributed by atoms with van der Waals surface area (Å²) in [4.78, 5) is 25.1. The van der Waals surface area contributed by atoms with Gasteiger partial charge in [0.15, 0.2) is 5.96 Å². The zero-order valence-corrected chi connectivity index (χ0v) is 16.8. The lowest BCUT2D eigenvalue weighted by atomic mass is 9.96. The summed E-state index contributed by atoms with van der Waals surface area (Å²) in [6.45, 7) is 3.17. The maximum atomic E-state index is 11.4. The van der Waals surface area contributed by atoms with E-state index in [1.165, 1.54) is 11.3 Å². The molecule has 7 heteroatoms. The van der Waals surface area contributed by atoms with Gasteiger partial charge in [-0.3, -0.25) is 9.79 Å². The molecule has 2 aromatic rings. The van der Waals surface area contributed by atoms with Crippen LogP contribution < -0.4 is 20.9 Å². The number of guanidine groups is 1. The first-order valence-corrected chi connectivity index (χ1v) is 10.2. The Hall–Kier alpha value is -3.09. The Balaban J connectivity index is 1.45. The van der Waals surface area contributed by atoms with E-state index in [0.29, 0.717) is 6.54 Å². The number of nitrogens with one attached hydrogen (secondary N) is 1. The van der Waals surface area contributed by atoms with Crippen LogP contribution in [0.25, 0.3) is 0 Å². The number of aromatic nitrogens is 1. The van der Waals surface area contributed by atoms with Crippen LogP contribution in [0.1, 0.15) is 24.0 Å². The minimum atomic E-state index is -0.192. The summed E-state index contributed by atoms with van der Waals surface area (Å²) in [5.41, 5.74) is 9.17. The molecule has 1 saturated heterocycles. The number of pyridine rings is 1. The smallest absolute Gasteiger partial charge is 0.220 e. The number of primary amides is 1. The summed E-state index contributed by atoms with van der Waals surface area (Å²) < 4.78 is 0. The van der Waals surface area contributed by atoms with Gasteiger partial charge in [0.25, 0.3) is 0 Å². The summed E-state index contributed by atoms with van der Waals surface area (Å²) in [7, 11) is 1.82. The first kappa shape index (κ1) is 19.2. The normalized spacial score (nSPS) is 17.3. The van der Waals surface area contributed by atoms with Gasteiger partial charge in [-0.25, -0.2) is 4.98 Å². The number of hydrogen-bond acceptors (Lipinski definition) is 4. The molecule has 2 aliphatic rings. The topological polar surface area (TPSA) is 86.9 Å². The fourth-order valence-corrected chi connectivity index (χ4v) is 4.26. The number of carbonyl (C=O) groups is 1. The number of anilines is 2. The number of hydrogen-bond donors (Lipinski definition) is 2. The van der Waals surface area contributed by atoms with Gasteiger partial charge < -0.3 is 20.9 Å². The van der Waals surface area contributed by atoms with Crippen molar-refractivity contribution in [3.05, 3.63) is 53.7 Å². The van der Waals surface area contributed by atoms with Crippen LogP contribution in [0, 0.1) is 5.92 Å². The molecule has 1 aromatic carbocycles. The Kier molecular flexibility index (Phi) is 5.64. The van der Waals surface area contributed by atoms with Gasteiger partial charge in [-0.1, -0.05) is 24.3 Å². The average molecular weight is 393 g/mol. The molecule has 0 atom stereocenters. The Labute approximate surface area is 171 Å². The SMILES string of the molecule is CN=C(NCc1cccnc1N1CCC(C(N)=O)CC1)N1CCc2ccccc21.